The molecule has 0 amide bonds. The van der Waals surface area contributed by atoms with Crippen molar-refractivity contribution in [1.82, 2.24) is 5.32 Å². The quantitative estimate of drug-likeness (QED) is 0.578. The second-order valence-corrected chi connectivity index (χ2v) is 4.31. The van der Waals surface area contributed by atoms with Gasteiger partial charge in [0.15, 0.2) is 0 Å². The first kappa shape index (κ1) is 8.44. The molecule has 2 fully saturated rings. The molecule has 3 heterocycles. The van der Waals surface area contributed by atoms with E-state index in [-0.39, 0.29) is 18.1 Å². The summed E-state index contributed by atoms with van der Waals surface area (Å²) in [6.07, 6.45) is 4.42. The molecule has 2 bridgehead atoms. The first-order valence-corrected chi connectivity index (χ1v) is 5.03. The lowest BCUT2D eigenvalue weighted by atomic mass is 9.65. The number of carbonyl (C=O) groups is 1. The summed E-state index contributed by atoms with van der Waals surface area (Å²) >= 11 is 0. The minimum absolute atomic E-state index is 0.0175. The fraction of sp³-hybridized carbons (Fsp3) is 0.700. The van der Waals surface area contributed by atoms with E-state index in [0.717, 1.165) is 13.1 Å². The Morgan fingerprint density at radius 1 is 1.57 bits per heavy atom. The topological polar surface area (TPSA) is 58.6 Å². The average Bonchev–Trinajstić information content (AvgIpc) is 2.77. The van der Waals surface area contributed by atoms with Crippen LogP contribution in [-0.4, -0.2) is 36.4 Å². The SMILES string of the molecule is O=C(O)C12CCNCC1C1C=CC2O1. The number of ether oxygens (including phenoxy) is 1. The van der Waals surface area contributed by atoms with Gasteiger partial charge in [-0.1, -0.05) is 12.2 Å². The fourth-order valence-electron chi connectivity index (χ4n) is 3.06. The molecule has 0 radical (unpaired) electrons. The maximum Gasteiger partial charge on any atom is 0.313 e. The molecule has 0 spiro atoms. The number of carboxylic acid groups (broad SMARTS) is 1. The first-order chi connectivity index (χ1) is 6.75. The predicted molar refractivity (Wildman–Crippen MR) is 48.8 cm³/mol. The number of piperidine rings is 1. The average molecular weight is 195 g/mol. The van der Waals surface area contributed by atoms with Crippen molar-refractivity contribution >= 4 is 5.97 Å². The van der Waals surface area contributed by atoms with Gasteiger partial charge in [0, 0.05) is 12.5 Å². The zero-order valence-corrected chi connectivity index (χ0v) is 7.77. The smallest absolute Gasteiger partial charge is 0.313 e. The molecule has 4 atom stereocenters. The molecule has 0 aromatic heterocycles. The normalized spacial score (nSPS) is 49.3. The summed E-state index contributed by atoms with van der Waals surface area (Å²) in [6, 6.07) is 0. The molecule has 4 unspecified atom stereocenters. The molecule has 0 aromatic carbocycles. The summed E-state index contributed by atoms with van der Waals surface area (Å²) in [4.78, 5) is 11.4. The number of rotatable bonds is 1. The van der Waals surface area contributed by atoms with Crippen molar-refractivity contribution in [1.29, 1.82) is 0 Å². The minimum atomic E-state index is -0.694. The Hall–Kier alpha value is -0.870. The summed E-state index contributed by atoms with van der Waals surface area (Å²) in [6.45, 7) is 1.54. The number of nitrogens with one attached hydrogen (secondary N) is 1. The van der Waals surface area contributed by atoms with Gasteiger partial charge in [0.1, 0.15) is 5.41 Å². The lowest BCUT2D eigenvalue weighted by Gasteiger charge is -2.39. The Morgan fingerprint density at radius 3 is 3.14 bits per heavy atom. The van der Waals surface area contributed by atoms with Crippen molar-refractivity contribution in [3.63, 3.8) is 0 Å². The van der Waals surface area contributed by atoms with E-state index in [1.54, 1.807) is 0 Å². The van der Waals surface area contributed by atoms with Crippen LogP contribution in [0.4, 0.5) is 0 Å². The van der Waals surface area contributed by atoms with Crippen LogP contribution in [0.3, 0.4) is 0 Å². The van der Waals surface area contributed by atoms with E-state index in [1.165, 1.54) is 0 Å². The molecule has 76 valence electrons. The highest BCUT2D eigenvalue weighted by atomic mass is 16.5. The van der Waals surface area contributed by atoms with Crippen molar-refractivity contribution in [3.8, 4) is 0 Å². The van der Waals surface area contributed by atoms with Crippen molar-refractivity contribution in [2.75, 3.05) is 13.1 Å². The van der Waals surface area contributed by atoms with Crippen LogP contribution in [0.2, 0.25) is 0 Å². The molecule has 14 heavy (non-hydrogen) atoms. The largest absolute Gasteiger partial charge is 0.481 e. The van der Waals surface area contributed by atoms with Crippen molar-refractivity contribution in [2.45, 2.75) is 18.6 Å². The lowest BCUT2D eigenvalue weighted by Crippen LogP contribution is -2.54. The molecule has 0 aliphatic carbocycles. The van der Waals surface area contributed by atoms with E-state index in [0.29, 0.717) is 6.42 Å². The van der Waals surface area contributed by atoms with Gasteiger partial charge in [-0.05, 0) is 13.0 Å². The summed E-state index contributed by atoms with van der Waals surface area (Å²) in [5.74, 6) is -0.579. The first-order valence-electron chi connectivity index (χ1n) is 5.03. The van der Waals surface area contributed by atoms with Crippen molar-refractivity contribution < 1.29 is 14.6 Å². The molecular formula is C10H13NO3. The molecule has 4 nitrogen and oxygen atoms in total. The van der Waals surface area contributed by atoms with Crippen molar-refractivity contribution in [2.24, 2.45) is 11.3 Å². The van der Waals surface area contributed by atoms with Crippen LogP contribution in [0, 0.1) is 11.3 Å². The van der Waals surface area contributed by atoms with Crippen LogP contribution in [-0.2, 0) is 9.53 Å². The molecule has 3 aliphatic rings. The molecular weight excluding hydrogens is 182 g/mol. The van der Waals surface area contributed by atoms with Gasteiger partial charge in [0.05, 0.1) is 12.2 Å². The van der Waals surface area contributed by atoms with Crippen LogP contribution < -0.4 is 5.32 Å². The van der Waals surface area contributed by atoms with Gasteiger partial charge in [-0.2, -0.15) is 0 Å². The minimum Gasteiger partial charge on any atom is -0.481 e. The van der Waals surface area contributed by atoms with Gasteiger partial charge in [0.25, 0.3) is 0 Å². The number of aliphatic carboxylic acids is 1. The Kier molecular flexibility index (Phi) is 1.56. The van der Waals surface area contributed by atoms with Gasteiger partial charge in [-0.3, -0.25) is 4.79 Å². The third-order valence-electron chi connectivity index (χ3n) is 3.82. The lowest BCUT2D eigenvalue weighted by molar-refractivity contribution is -0.154. The molecule has 3 aliphatic heterocycles. The van der Waals surface area contributed by atoms with Gasteiger partial charge < -0.3 is 15.2 Å². The fourth-order valence-corrected chi connectivity index (χ4v) is 3.06. The van der Waals surface area contributed by atoms with E-state index >= 15 is 0 Å². The maximum absolute atomic E-state index is 11.4. The number of hydrogen-bond acceptors (Lipinski definition) is 3. The van der Waals surface area contributed by atoms with Crippen LogP contribution in [0.5, 0.6) is 0 Å². The van der Waals surface area contributed by atoms with Gasteiger partial charge in [0.2, 0.25) is 0 Å². The maximum atomic E-state index is 11.4. The van der Waals surface area contributed by atoms with Gasteiger partial charge >= 0.3 is 5.97 Å². The molecule has 2 saturated heterocycles. The molecule has 2 N–H and O–H groups in total. The zero-order valence-electron chi connectivity index (χ0n) is 7.77. The van der Waals surface area contributed by atoms with Crippen LogP contribution in [0.1, 0.15) is 6.42 Å². The van der Waals surface area contributed by atoms with Crippen molar-refractivity contribution in [3.05, 3.63) is 12.2 Å². The number of hydrogen-bond donors (Lipinski definition) is 2. The predicted octanol–water partition coefficient (Wildman–Crippen LogP) is 0.00410. The zero-order chi connectivity index (χ0) is 9.76. The third-order valence-corrected chi connectivity index (χ3v) is 3.82. The van der Waals surface area contributed by atoms with E-state index < -0.39 is 11.4 Å². The summed E-state index contributed by atoms with van der Waals surface area (Å²) in [7, 11) is 0. The highest BCUT2D eigenvalue weighted by molar-refractivity contribution is 5.78. The van der Waals surface area contributed by atoms with E-state index in [2.05, 4.69) is 5.32 Å². The number of fused-ring (bicyclic) bond motifs is 5. The summed E-state index contributed by atoms with van der Waals surface area (Å²) < 4.78 is 5.65. The highest BCUT2D eigenvalue weighted by Gasteiger charge is 2.62. The molecule has 3 rings (SSSR count). The van der Waals surface area contributed by atoms with Gasteiger partial charge in [-0.25, -0.2) is 0 Å². The molecule has 4 heteroatoms. The van der Waals surface area contributed by atoms with E-state index in [1.807, 2.05) is 12.2 Å². The van der Waals surface area contributed by atoms with E-state index in [9.17, 15) is 9.90 Å². The molecule has 0 saturated carbocycles. The summed E-state index contributed by atoms with van der Waals surface area (Å²) in [5, 5.41) is 12.6. The van der Waals surface area contributed by atoms with Gasteiger partial charge in [-0.15, -0.1) is 0 Å². The molecule has 0 aromatic rings. The van der Waals surface area contributed by atoms with Crippen LogP contribution in [0.15, 0.2) is 12.2 Å². The highest BCUT2D eigenvalue weighted by Crippen LogP contribution is 2.51. The Bertz CT molecular complexity index is 314. The second kappa shape index (κ2) is 2.58. The van der Waals surface area contributed by atoms with Crippen LogP contribution >= 0.6 is 0 Å². The Labute approximate surface area is 81.9 Å². The van der Waals surface area contributed by atoms with E-state index in [4.69, 9.17) is 4.74 Å². The standard InChI is InChI=1S/C10H13NO3/c12-9(13)10-3-4-11-5-6(10)7-1-2-8(10)14-7/h1-2,6-8,11H,3-5H2,(H,12,13). The Morgan fingerprint density at radius 2 is 2.43 bits per heavy atom. The van der Waals surface area contributed by atoms with Crippen LogP contribution in [0.25, 0.3) is 0 Å². The summed E-state index contributed by atoms with van der Waals surface area (Å²) in [5.41, 5.74) is -0.648. The third kappa shape index (κ3) is 0.786. The monoisotopic (exact) mass is 195 g/mol. The number of carboxylic acids is 1. The second-order valence-electron chi connectivity index (χ2n) is 4.31. The Balaban J connectivity index is 2.05.